The zero-order chi connectivity index (χ0) is 12.7. The van der Waals surface area contributed by atoms with Gasteiger partial charge in [0.25, 0.3) is 0 Å². The van der Waals surface area contributed by atoms with E-state index < -0.39 is 0 Å². The van der Waals surface area contributed by atoms with Crippen molar-refractivity contribution in [2.45, 2.75) is 45.6 Å². The first-order valence-corrected chi connectivity index (χ1v) is 6.85. The zero-order valence-electron chi connectivity index (χ0n) is 11.2. The Labute approximate surface area is 105 Å². The van der Waals surface area contributed by atoms with E-state index in [1.807, 2.05) is 4.90 Å². The van der Waals surface area contributed by atoms with E-state index >= 15 is 0 Å². The van der Waals surface area contributed by atoms with E-state index in [4.69, 9.17) is 0 Å². The summed E-state index contributed by atoms with van der Waals surface area (Å²) < 4.78 is 0. The highest BCUT2D eigenvalue weighted by Gasteiger charge is 2.21. The van der Waals surface area contributed by atoms with Crippen molar-refractivity contribution in [2.24, 2.45) is 0 Å². The highest BCUT2D eigenvalue weighted by atomic mass is 16.3. The first-order chi connectivity index (χ1) is 8.17. The molecule has 0 spiro atoms. The number of likely N-dealkylation sites (tertiary alicyclic amines) is 1. The van der Waals surface area contributed by atoms with Gasteiger partial charge in [0.2, 0.25) is 5.91 Å². The molecule has 0 saturated carbocycles. The molecule has 0 aromatic rings. The molecule has 100 valence electrons. The van der Waals surface area contributed by atoms with Crippen LogP contribution in [0.2, 0.25) is 0 Å². The summed E-state index contributed by atoms with van der Waals surface area (Å²) in [5, 5.41) is 9.42. The summed E-state index contributed by atoms with van der Waals surface area (Å²) in [5.41, 5.74) is 0. The van der Waals surface area contributed by atoms with E-state index in [0.29, 0.717) is 6.54 Å². The third-order valence-electron chi connectivity index (χ3n) is 3.26. The van der Waals surface area contributed by atoms with Crippen LogP contribution in [0, 0.1) is 0 Å². The Balaban J connectivity index is 2.35. The molecule has 0 radical (unpaired) electrons. The Morgan fingerprint density at radius 2 is 1.76 bits per heavy atom. The van der Waals surface area contributed by atoms with Crippen LogP contribution in [-0.4, -0.2) is 59.6 Å². The fraction of sp³-hybridized carbons (Fsp3) is 0.923. The van der Waals surface area contributed by atoms with E-state index in [-0.39, 0.29) is 12.0 Å². The number of hydrogen-bond acceptors (Lipinski definition) is 3. The summed E-state index contributed by atoms with van der Waals surface area (Å²) in [6.45, 7) is 8.15. The molecule has 0 bridgehead atoms. The average molecular weight is 242 g/mol. The summed E-state index contributed by atoms with van der Waals surface area (Å²) >= 11 is 0. The van der Waals surface area contributed by atoms with Gasteiger partial charge in [-0.25, -0.2) is 0 Å². The highest BCUT2D eigenvalue weighted by molar-refractivity contribution is 5.78. The molecule has 0 aromatic carbocycles. The van der Waals surface area contributed by atoms with E-state index in [9.17, 15) is 9.90 Å². The van der Waals surface area contributed by atoms with Crippen molar-refractivity contribution in [1.82, 2.24) is 9.80 Å². The number of nitrogens with zero attached hydrogens (tertiary/aromatic N) is 2. The van der Waals surface area contributed by atoms with Gasteiger partial charge < -0.3 is 10.0 Å². The maximum atomic E-state index is 12.1. The third-order valence-corrected chi connectivity index (χ3v) is 3.26. The summed E-state index contributed by atoms with van der Waals surface area (Å²) in [4.78, 5) is 16.2. The first-order valence-electron chi connectivity index (χ1n) is 6.85. The molecule has 0 aromatic heterocycles. The minimum absolute atomic E-state index is 0.163. The Morgan fingerprint density at radius 1 is 1.24 bits per heavy atom. The molecule has 1 aliphatic heterocycles. The van der Waals surface area contributed by atoms with Crippen molar-refractivity contribution in [3.63, 3.8) is 0 Å². The van der Waals surface area contributed by atoms with Crippen molar-refractivity contribution in [3.8, 4) is 0 Å². The van der Waals surface area contributed by atoms with Gasteiger partial charge >= 0.3 is 0 Å². The van der Waals surface area contributed by atoms with Crippen LogP contribution in [0.15, 0.2) is 0 Å². The minimum atomic E-state index is -0.163. The van der Waals surface area contributed by atoms with Crippen molar-refractivity contribution >= 4 is 5.91 Å². The Bertz CT molecular complexity index is 219. The van der Waals surface area contributed by atoms with Crippen LogP contribution in [0.5, 0.6) is 0 Å². The smallest absolute Gasteiger partial charge is 0.236 e. The van der Waals surface area contributed by atoms with Crippen LogP contribution in [0.3, 0.4) is 0 Å². The Hall–Kier alpha value is -0.610. The van der Waals surface area contributed by atoms with Crippen LogP contribution in [0.1, 0.15) is 39.5 Å². The Kier molecular flexibility index (Phi) is 6.52. The highest BCUT2D eigenvalue weighted by Crippen LogP contribution is 2.10. The maximum absolute atomic E-state index is 12.1. The molecular weight excluding hydrogens is 216 g/mol. The van der Waals surface area contributed by atoms with Gasteiger partial charge in [0.15, 0.2) is 0 Å². The molecule has 17 heavy (non-hydrogen) atoms. The molecule has 1 amide bonds. The van der Waals surface area contributed by atoms with Gasteiger partial charge in [0.1, 0.15) is 0 Å². The molecule has 4 nitrogen and oxygen atoms in total. The summed E-state index contributed by atoms with van der Waals surface area (Å²) in [5.74, 6) is 0.241. The average Bonchev–Trinajstić information content (AvgIpc) is 2.32. The third kappa shape index (κ3) is 5.04. The molecule has 0 atom stereocenters. The normalized spacial score (nSPS) is 18.3. The first kappa shape index (κ1) is 14.5. The molecule has 4 heteroatoms. The van der Waals surface area contributed by atoms with Crippen LogP contribution in [0.4, 0.5) is 0 Å². The lowest BCUT2D eigenvalue weighted by molar-refractivity contribution is -0.133. The van der Waals surface area contributed by atoms with Crippen molar-refractivity contribution < 1.29 is 9.90 Å². The van der Waals surface area contributed by atoms with E-state index in [2.05, 4.69) is 18.7 Å². The number of aliphatic hydroxyl groups is 1. The van der Waals surface area contributed by atoms with Crippen molar-refractivity contribution in [3.05, 3.63) is 0 Å². The van der Waals surface area contributed by atoms with E-state index in [0.717, 1.165) is 51.9 Å². The second kappa shape index (κ2) is 7.67. The number of amides is 1. The molecule has 0 aliphatic carbocycles. The van der Waals surface area contributed by atoms with Crippen LogP contribution >= 0.6 is 0 Å². The number of carbonyl (C=O) groups excluding carboxylic acids is 1. The zero-order valence-corrected chi connectivity index (χ0v) is 11.2. The molecule has 1 N–H and O–H groups in total. The summed E-state index contributed by atoms with van der Waals surface area (Å²) in [7, 11) is 0. The lowest BCUT2D eigenvalue weighted by atomic mass is 10.1. The maximum Gasteiger partial charge on any atom is 0.236 e. The van der Waals surface area contributed by atoms with Crippen LogP contribution in [0.25, 0.3) is 0 Å². The monoisotopic (exact) mass is 242 g/mol. The van der Waals surface area contributed by atoms with Gasteiger partial charge in [-0.05, 0) is 25.7 Å². The van der Waals surface area contributed by atoms with Crippen LogP contribution < -0.4 is 0 Å². The fourth-order valence-corrected chi connectivity index (χ4v) is 2.27. The van der Waals surface area contributed by atoms with Gasteiger partial charge in [0.05, 0.1) is 12.6 Å². The molecule has 1 heterocycles. The lowest BCUT2D eigenvalue weighted by Crippen LogP contribution is -2.44. The molecule has 0 unspecified atom stereocenters. The predicted molar refractivity (Wildman–Crippen MR) is 68.8 cm³/mol. The summed E-state index contributed by atoms with van der Waals surface area (Å²) in [6.07, 6.45) is 3.47. The largest absolute Gasteiger partial charge is 0.393 e. The molecule has 1 rings (SSSR count). The standard InChI is InChI=1S/C13H26N2O2/c1-3-7-15(8-4-2)13(17)11-14-9-5-12(16)6-10-14/h12,16H,3-11H2,1-2H3. The van der Waals surface area contributed by atoms with Gasteiger partial charge in [0, 0.05) is 26.2 Å². The number of aliphatic hydroxyl groups excluding tert-OH is 1. The van der Waals surface area contributed by atoms with Crippen molar-refractivity contribution in [2.75, 3.05) is 32.7 Å². The fourth-order valence-electron chi connectivity index (χ4n) is 2.27. The SMILES string of the molecule is CCCN(CCC)C(=O)CN1CCC(O)CC1. The minimum Gasteiger partial charge on any atom is -0.393 e. The second-order valence-electron chi connectivity index (χ2n) is 4.89. The number of rotatable bonds is 6. The van der Waals surface area contributed by atoms with Gasteiger partial charge in [-0.3, -0.25) is 9.69 Å². The molecular formula is C13H26N2O2. The van der Waals surface area contributed by atoms with Gasteiger partial charge in [-0.15, -0.1) is 0 Å². The molecule has 1 saturated heterocycles. The van der Waals surface area contributed by atoms with Gasteiger partial charge in [-0.1, -0.05) is 13.8 Å². The van der Waals surface area contributed by atoms with E-state index in [1.165, 1.54) is 0 Å². The Morgan fingerprint density at radius 3 is 2.24 bits per heavy atom. The molecule has 1 fully saturated rings. The number of carbonyl (C=O) groups is 1. The predicted octanol–water partition coefficient (Wildman–Crippen LogP) is 1.09. The molecule has 1 aliphatic rings. The number of hydrogen-bond donors (Lipinski definition) is 1. The second-order valence-corrected chi connectivity index (χ2v) is 4.89. The number of piperidine rings is 1. The van der Waals surface area contributed by atoms with Crippen LogP contribution in [-0.2, 0) is 4.79 Å². The quantitative estimate of drug-likeness (QED) is 0.758. The van der Waals surface area contributed by atoms with E-state index in [1.54, 1.807) is 0 Å². The van der Waals surface area contributed by atoms with Crippen molar-refractivity contribution in [1.29, 1.82) is 0 Å². The summed E-state index contributed by atoms with van der Waals surface area (Å²) in [6, 6.07) is 0. The topological polar surface area (TPSA) is 43.8 Å². The lowest BCUT2D eigenvalue weighted by Gasteiger charge is -2.31. The van der Waals surface area contributed by atoms with Gasteiger partial charge in [-0.2, -0.15) is 0 Å².